The molecule has 1 saturated heterocycles. The van der Waals surface area contributed by atoms with Gasteiger partial charge in [-0.05, 0) is 54.2 Å². The van der Waals surface area contributed by atoms with Crippen molar-refractivity contribution in [2.45, 2.75) is 71.0 Å². The predicted molar refractivity (Wildman–Crippen MR) is 145 cm³/mol. The molecule has 0 saturated carbocycles. The fourth-order valence-corrected chi connectivity index (χ4v) is 4.71. The van der Waals surface area contributed by atoms with Crippen LogP contribution >= 0.6 is 0 Å². The van der Waals surface area contributed by atoms with Crippen molar-refractivity contribution in [3.05, 3.63) is 77.6 Å². The average Bonchev–Trinajstić information content (AvgIpc) is 2.94. The van der Waals surface area contributed by atoms with Gasteiger partial charge < -0.3 is 14.2 Å². The second-order valence-electron chi connectivity index (χ2n) is 9.90. The highest BCUT2D eigenvalue weighted by Crippen LogP contribution is 2.33. The quantitative estimate of drug-likeness (QED) is 0.220. The van der Waals surface area contributed by atoms with Crippen molar-refractivity contribution in [2.24, 2.45) is 0 Å². The Morgan fingerprint density at radius 2 is 1.37 bits per heavy atom. The van der Waals surface area contributed by atoms with E-state index in [0.717, 1.165) is 50.5 Å². The van der Waals surface area contributed by atoms with Gasteiger partial charge in [0.1, 0.15) is 5.82 Å². The van der Waals surface area contributed by atoms with E-state index >= 15 is 4.39 Å². The van der Waals surface area contributed by atoms with E-state index in [9.17, 15) is 8.78 Å². The molecule has 0 bridgehead atoms. The van der Waals surface area contributed by atoms with Crippen LogP contribution in [0, 0.1) is 17.5 Å². The van der Waals surface area contributed by atoms with Crippen LogP contribution in [-0.2, 0) is 9.47 Å². The van der Waals surface area contributed by atoms with Gasteiger partial charge >= 0.3 is 0 Å². The molecule has 3 nitrogen and oxygen atoms in total. The van der Waals surface area contributed by atoms with Crippen LogP contribution in [0.2, 0.25) is 0 Å². The molecule has 204 valence electrons. The van der Waals surface area contributed by atoms with Crippen LogP contribution in [0.4, 0.5) is 13.2 Å². The normalized spacial score (nSPS) is 17.5. The smallest absolute Gasteiger partial charge is 0.201 e. The summed E-state index contributed by atoms with van der Waals surface area (Å²) in [4.78, 5) is 0. The lowest BCUT2D eigenvalue weighted by Gasteiger charge is -2.30. The molecule has 38 heavy (non-hydrogen) atoms. The molecule has 6 heteroatoms. The molecule has 0 spiro atoms. The summed E-state index contributed by atoms with van der Waals surface area (Å²) in [6.07, 6.45) is 6.89. The van der Waals surface area contributed by atoms with E-state index < -0.39 is 11.6 Å². The Kier molecular flexibility index (Phi) is 10.2. The summed E-state index contributed by atoms with van der Waals surface area (Å²) in [6.45, 7) is 5.60. The van der Waals surface area contributed by atoms with E-state index in [0.29, 0.717) is 36.5 Å². The summed E-state index contributed by atoms with van der Waals surface area (Å²) >= 11 is 0. The molecule has 1 aliphatic rings. The maximum atomic E-state index is 15.1. The largest absolute Gasteiger partial charge is 0.490 e. The van der Waals surface area contributed by atoms with Crippen LogP contribution in [0.1, 0.15) is 70.3 Å². The molecule has 0 atom stereocenters. The van der Waals surface area contributed by atoms with Crippen molar-refractivity contribution < 1.29 is 27.4 Å². The van der Waals surface area contributed by atoms with Crippen LogP contribution in [-0.4, -0.2) is 26.1 Å². The summed E-state index contributed by atoms with van der Waals surface area (Å²) in [7, 11) is 0. The zero-order valence-electron chi connectivity index (χ0n) is 22.3. The topological polar surface area (TPSA) is 27.7 Å². The number of unbranched alkanes of at least 4 members (excludes halogenated alkanes) is 4. The number of rotatable bonds is 12. The molecule has 3 aromatic carbocycles. The van der Waals surface area contributed by atoms with Gasteiger partial charge in [0.15, 0.2) is 17.9 Å². The fraction of sp³-hybridized carbons (Fsp3) is 0.438. The average molecular weight is 527 g/mol. The van der Waals surface area contributed by atoms with Gasteiger partial charge in [0.25, 0.3) is 0 Å². The number of benzene rings is 3. The van der Waals surface area contributed by atoms with Gasteiger partial charge in [-0.15, -0.1) is 0 Å². The van der Waals surface area contributed by atoms with E-state index in [-0.39, 0.29) is 29.3 Å². The molecule has 1 heterocycles. The first-order chi connectivity index (χ1) is 18.5. The molecular weight excluding hydrogens is 489 g/mol. The minimum atomic E-state index is -0.993. The number of hydrogen-bond donors (Lipinski definition) is 0. The molecule has 0 amide bonds. The van der Waals surface area contributed by atoms with E-state index in [4.69, 9.17) is 14.2 Å². The van der Waals surface area contributed by atoms with Crippen LogP contribution in [0.25, 0.3) is 22.3 Å². The Bertz CT molecular complexity index is 1170. The lowest BCUT2D eigenvalue weighted by molar-refractivity contribution is -0.190. The Morgan fingerprint density at radius 1 is 0.737 bits per heavy atom. The highest BCUT2D eigenvalue weighted by Gasteiger charge is 2.24. The number of halogens is 3. The first-order valence-corrected chi connectivity index (χ1v) is 13.8. The van der Waals surface area contributed by atoms with Gasteiger partial charge in [0.2, 0.25) is 5.82 Å². The highest BCUT2D eigenvalue weighted by molar-refractivity contribution is 5.71. The summed E-state index contributed by atoms with van der Waals surface area (Å²) in [5.74, 6) is -2.39. The molecule has 0 radical (unpaired) electrons. The van der Waals surface area contributed by atoms with Crippen LogP contribution in [0.15, 0.2) is 54.6 Å². The fourth-order valence-electron chi connectivity index (χ4n) is 4.71. The Morgan fingerprint density at radius 3 is 2.03 bits per heavy atom. The second-order valence-corrected chi connectivity index (χ2v) is 9.90. The SMILES string of the molecule is CCCCCOc1ccc(-c2ccc(-c3ccc(C4COC(CCCCC)OC4)cc3F)cc2)c(F)c1F. The summed E-state index contributed by atoms with van der Waals surface area (Å²) in [5.41, 5.74) is 2.57. The lowest BCUT2D eigenvalue weighted by Crippen LogP contribution is -2.30. The Hall–Kier alpha value is -2.83. The molecule has 1 fully saturated rings. The van der Waals surface area contributed by atoms with Gasteiger partial charge in [-0.25, -0.2) is 8.78 Å². The molecular formula is C32H37F3O3. The van der Waals surface area contributed by atoms with Crippen molar-refractivity contribution in [3.8, 4) is 28.0 Å². The van der Waals surface area contributed by atoms with E-state index in [1.165, 1.54) is 18.2 Å². The van der Waals surface area contributed by atoms with Crippen molar-refractivity contribution in [3.63, 3.8) is 0 Å². The minimum Gasteiger partial charge on any atom is -0.490 e. The number of ether oxygens (including phenoxy) is 3. The van der Waals surface area contributed by atoms with Gasteiger partial charge in [0.05, 0.1) is 19.8 Å². The monoisotopic (exact) mass is 526 g/mol. The predicted octanol–water partition coefficient (Wildman–Crippen LogP) is 9.04. The lowest BCUT2D eigenvalue weighted by atomic mass is 9.95. The molecule has 0 aromatic heterocycles. The van der Waals surface area contributed by atoms with E-state index in [2.05, 4.69) is 13.8 Å². The zero-order valence-corrected chi connectivity index (χ0v) is 22.3. The van der Waals surface area contributed by atoms with Crippen molar-refractivity contribution in [1.29, 1.82) is 0 Å². The van der Waals surface area contributed by atoms with Gasteiger partial charge in [-0.2, -0.15) is 4.39 Å². The molecule has 0 N–H and O–H groups in total. The summed E-state index contributed by atoms with van der Waals surface area (Å²) in [5, 5.41) is 0. The maximum Gasteiger partial charge on any atom is 0.201 e. The summed E-state index contributed by atoms with van der Waals surface area (Å²) < 4.78 is 61.6. The Labute approximate surface area is 223 Å². The third kappa shape index (κ3) is 6.97. The van der Waals surface area contributed by atoms with E-state index in [1.807, 2.05) is 6.07 Å². The molecule has 3 aromatic rings. The molecule has 0 aliphatic carbocycles. The van der Waals surface area contributed by atoms with Crippen LogP contribution in [0.3, 0.4) is 0 Å². The van der Waals surface area contributed by atoms with Gasteiger partial charge in [-0.3, -0.25) is 0 Å². The zero-order chi connectivity index (χ0) is 26.9. The van der Waals surface area contributed by atoms with Crippen molar-refractivity contribution in [2.75, 3.05) is 19.8 Å². The van der Waals surface area contributed by atoms with E-state index in [1.54, 1.807) is 30.3 Å². The molecule has 1 aliphatic heterocycles. The van der Waals surface area contributed by atoms with Crippen LogP contribution < -0.4 is 4.74 Å². The third-order valence-electron chi connectivity index (χ3n) is 7.03. The van der Waals surface area contributed by atoms with Crippen molar-refractivity contribution in [1.82, 2.24) is 0 Å². The highest BCUT2D eigenvalue weighted by atomic mass is 19.2. The minimum absolute atomic E-state index is 0.0141. The summed E-state index contributed by atoms with van der Waals surface area (Å²) in [6, 6.07) is 14.9. The second kappa shape index (κ2) is 13.8. The van der Waals surface area contributed by atoms with Crippen LogP contribution in [0.5, 0.6) is 5.75 Å². The standard InChI is InChI=1S/C32H37F3O3/c1-3-5-7-9-30-37-20-25(21-38-30)24-14-15-26(28(33)19-24)22-10-12-23(13-11-22)27-16-17-29(32(35)31(27)34)36-18-8-6-4-2/h10-17,19,25,30H,3-9,18,20-21H2,1-2H3. The number of hydrogen-bond acceptors (Lipinski definition) is 3. The first kappa shape index (κ1) is 28.2. The Balaban J connectivity index is 1.41. The molecule has 0 unspecified atom stereocenters. The van der Waals surface area contributed by atoms with Gasteiger partial charge in [0, 0.05) is 17.0 Å². The third-order valence-corrected chi connectivity index (χ3v) is 7.03. The first-order valence-electron chi connectivity index (χ1n) is 13.8. The van der Waals surface area contributed by atoms with Crippen molar-refractivity contribution >= 4 is 0 Å². The molecule has 4 rings (SSSR count). The van der Waals surface area contributed by atoms with Gasteiger partial charge in [-0.1, -0.05) is 75.9 Å². The maximum absolute atomic E-state index is 15.1.